The summed E-state index contributed by atoms with van der Waals surface area (Å²) in [6.45, 7) is 0.129. The summed E-state index contributed by atoms with van der Waals surface area (Å²) in [7, 11) is 0. The van der Waals surface area contributed by atoms with Gasteiger partial charge in [0.1, 0.15) is 12.4 Å². The maximum atomic E-state index is 13.2. The van der Waals surface area contributed by atoms with Gasteiger partial charge in [-0.1, -0.05) is 40.4 Å². The van der Waals surface area contributed by atoms with Gasteiger partial charge in [-0.05, 0) is 29.8 Å². The highest BCUT2D eigenvalue weighted by Crippen LogP contribution is 2.37. The monoisotopic (exact) mass is 353 g/mol. The number of rotatable bonds is 4. The molecular formula is C15H10Cl2FN3O2. The van der Waals surface area contributed by atoms with Gasteiger partial charge in [0, 0.05) is 5.56 Å². The predicted molar refractivity (Wildman–Crippen MR) is 84.9 cm³/mol. The molecular weight excluding hydrogens is 344 g/mol. The van der Waals surface area contributed by atoms with E-state index in [2.05, 4.69) is 10.2 Å². The van der Waals surface area contributed by atoms with E-state index >= 15 is 0 Å². The number of nitrogens with zero attached hydrogens (tertiary/aromatic N) is 2. The fraction of sp³-hybridized carbons (Fsp3) is 0.0667. The second-order valence-corrected chi connectivity index (χ2v) is 5.45. The third-order valence-corrected chi connectivity index (χ3v) is 3.52. The van der Waals surface area contributed by atoms with Crippen LogP contribution in [-0.2, 0) is 6.61 Å². The Bertz CT molecular complexity index is 831. The average Bonchev–Trinajstić information content (AvgIpc) is 2.93. The SMILES string of the molecule is Nc1nnc(-c2cc(Cl)c(OCc3cccc(F)c3)c(Cl)c2)o1. The molecule has 0 aliphatic rings. The minimum atomic E-state index is -0.340. The molecule has 3 aromatic rings. The molecule has 0 bridgehead atoms. The smallest absolute Gasteiger partial charge is 0.313 e. The first kappa shape index (κ1) is 15.6. The summed E-state index contributed by atoms with van der Waals surface area (Å²) < 4.78 is 23.9. The molecule has 23 heavy (non-hydrogen) atoms. The molecule has 0 saturated carbocycles. The lowest BCUT2D eigenvalue weighted by molar-refractivity contribution is 0.306. The Kier molecular flexibility index (Phi) is 4.36. The Morgan fingerprint density at radius 3 is 2.48 bits per heavy atom. The van der Waals surface area contributed by atoms with Crippen molar-refractivity contribution in [2.24, 2.45) is 0 Å². The van der Waals surface area contributed by atoms with Gasteiger partial charge in [0.15, 0.2) is 5.75 Å². The third kappa shape index (κ3) is 3.55. The van der Waals surface area contributed by atoms with Crippen molar-refractivity contribution < 1.29 is 13.5 Å². The van der Waals surface area contributed by atoms with E-state index < -0.39 is 0 Å². The number of hydrogen-bond acceptors (Lipinski definition) is 5. The molecule has 0 unspecified atom stereocenters. The fourth-order valence-corrected chi connectivity index (χ4v) is 2.55. The summed E-state index contributed by atoms with van der Waals surface area (Å²) in [5.41, 5.74) is 6.56. The number of ether oxygens (including phenoxy) is 1. The molecule has 2 aromatic carbocycles. The maximum Gasteiger partial charge on any atom is 0.313 e. The molecule has 8 heteroatoms. The summed E-state index contributed by atoms with van der Waals surface area (Å²) in [5, 5.41) is 7.86. The molecule has 0 atom stereocenters. The number of nitrogen functional groups attached to an aromatic ring is 1. The largest absolute Gasteiger partial charge is 0.486 e. The molecule has 0 aliphatic carbocycles. The van der Waals surface area contributed by atoms with E-state index in [-0.39, 0.29) is 40.1 Å². The van der Waals surface area contributed by atoms with E-state index in [1.165, 1.54) is 12.1 Å². The molecule has 0 aliphatic heterocycles. The molecule has 1 aromatic heterocycles. The zero-order chi connectivity index (χ0) is 16.4. The molecule has 1 heterocycles. The van der Waals surface area contributed by atoms with Crippen LogP contribution in [0.2, 0.25) is 10.0 Å². The van der Waals surface area contributed by atoms with E-state index in [1.807, 2.05) is 0 Å². The molecule has 5 nitrogen and oxygen atoms in total. The van der Waals surface area contributed by atoms with Crippen LogP contribution in [0.5, 0.6) is 5.75 Å². The first-order valence-electron chi connectivity index (χ1n) is 6.48. The first-order chi connectivity index (χ1) is 11.0. The molecule has 2 N–H and O–H groups in total. The maximum absolute atomic E-state index is 13.2. The van der Waals surface area contributed by atoms with Crippen molar-refractivity contribution in [1.29, 1.82) is 0 Å². The van der Waals surface area contributed by atoms with Crippen LogP contribution in [0.15, 0.2) is 40.8 Å². The number of hydrogen-bond donors (Lipinski definition) is 1. The molecule has 118 valence electrons. The summed E-state index contributed by atoms with van der Waals surface area (Å²) in [5.74, 6) is 0.143. The zero-order valence-electron chi connectivity index (χ0n) is 11.6. The van der Waals surface area contributed by atoms with Crippen molar-refractivity contribution in [2.45, 2.75) is 6.61 Å². The van der Waals surface area contributed by atoms with Crippen LogP contribution in [0, 0.1) is 5.82 Å². The number of anilines is 1. The van der Waals surface area contributed by atoms with Crippen molar-refractivity contribution in [3.05, 3.63) is 57.8 Å². The van der Waals surface area contributed by atoms with Gasteiger partial charge in [-0.15, -0.1) is 5.10 Å². The van der Waals surface area contributed by atoms with Gasteiger partial charge in [0.05, 0.1) is 10.0 Å². The quantitative estimate of drug-likeness (QED) is 0.754. The van der Waals surface area contributed by atoms with E-state index in [0.717, 1.165) is 0 Å². The highest BCUT2D eigenvalue weighted by Gasteiger charge is 2.14. The van der Waals surface area contributed by atoms with Crippen LogP contribution >= 0.6 is 23.2 Å². The summed E-state index contributed by atoms with van der Waals surface area (Å²) in [6.07, 6.45) is 0. The van der Waals surface area contributed by atoms with Crippen molar-refractivity contribution >= 4 is 29.2 Å². The average molecular weight is 354 g/mol. The van der Waals surface area contributed by atoms with Crippen LogP contribution in [0.25, 0.3) is 11.5 Å². The predicted octanol–water partition coefficient (Wildman–Crippen LogP) is 4.34. The van der Waals surface area contributed by atoms with Crippen molar-refractivity contribution in [2.75, 3.05) is 5.73 Å². The Hall–Kier alpha value is -2.31. The van der Waals surface area contributed by atoms with Crippen molar-refractivity contribution in [3.8, 4) is 17.2 Å². The van der Waals surface area contributed by atoms with Crippen LogP contribution in [0.3, 0.4) is 0 Å². The van der Waals surface area contributed by atoms with Gasteiger partial charge in [-0.25, -0.2) is 4.39 Å². The molecule has 0 spiro atoms. The van der Waals surface area contributed by atoms with Gasteiger partial charge in [-0.2, -0.15) is 0 Å². The highest BCUT2D eigenvalue weighted by atomic mass is 35.5. The number of halogens is 3. The zero-order valence-corrected chi connectivity index (χ0v) is 13.1. The van der Waals surface area contributed by atoms with Gasteiger partial charge < -0.3 is 14.9 Å². The third-order valence-electron chi connectivity index (χ3n) is 2.96. The lowest BCUT2D eigenvalue weighted by Gasteiger charge is -2.11. The summed E-state index contributed by atoms with van der Waals surface area (Å²) in [6, 6.07) is 9.15. The van der Waals surface area contributed by atoms with Gasteiger partial charge in [0.2, 0.25) is 5.89 Å². The fourth-order valence-electron chi connectivity index (χ4n) is 1.95. The number of aromatic nitrogens is 2. The Morgan fingerprint density at radius 2 is 1.87 bits per heavy atom. The summed E-state index contributed by atoms with van der Waals surface area (Å²) >= 11 is 12.4. The van der Waals surface area contributed by atoms with E-state index in [4.69, 9.17) is 38.1 Å². The topological polar surface area (TPSA) is 74.2 Å². The Balaban J connectivity index is 1.83. The standard InChI is InChI=1S/C15H10Cl2FN3O2/c16-11-5-9(14-20-21-15(19)23-14)6-12(17)13(11)22-7-8-2-1-3-10(18)4-8/h1-6H,7H2,(H2,19,21). The Labute approximate surface area is 140 Å². The van der Waals surface area contributed by atoms with E-state index in [9.17, 15) is 4.39 Å². The van der Waals surface area contributed by atoms with Crippen LogP contribution in [-0.4, -0.2) is 10.2 Å². The normalized spacial score (nSPS) is 10.7. The molecule has 0 amide bonds. The highest BCUT2D eigenvalue weighted by molar-refractivity contribution is 6.37. The van der Waals surface area contributed by atoms with Gasteiger partial charge in [0.25, 0.3) is 0 Å². The lowest BCUT2D eigenvalue weighted by Crippen LogP contribution is -1.97. The minimum Gasteiger partial charge on any atom is -0.486 e. The second-order valence-electron chi connectivity index (χ2n) is 4.63. The van der Waals surface area contributed by atoms with Crippen LogP contribution in [0.1, 0.15) is 5.56 Å². The number of benzene rings is 2. The van der Waals surface area contributed by atoms with Crippen molar-refractivity contribution in [3.63, 3.8) is 0 Å². The summed E-state index contributed by atoms with van der Waals surface area (Å²) in [4.78, 5) is 0. The second kappa shape index (κ2) is 6.44. The molecule has 0 radical (unpaired) electrons. The molecule has 0 saturated heterocycles. The van der Waals surface area contributed by atoms with Gasteiger partial charge >= 0.3 is 6.01 Å². The first-order valence-corrected chi connectivity index (χ1v) is 7.24. The number of nitrogens with two attached hydrogens (primary N) is 1. The minimum absolute atomic E-state index is 0.0568. The van der Waals surface area contributed by atoms with E-state index in [0.29, 0.717) is 11.1 Å². The molecule has 0 fully saturated rings. The van der Waals surface area contributed by atoms with E-state index in [1.54, 1.807) is 24.3 Å². The molecule has 3 rings (SSSR count). The van der Waals surface area contributed by atoms with Crippen LogP contribution in [0.4, 0.5) is 10.4 Å². The van der Waals surface area contributed by atoms with Crippen molar-refractivity contribution in [1.82, 2.24) is 10.2 Å². The van der Waals surface area contributed by atoms with Gasteiger partial charge in [-0.3, -0.25) is 0 Å². The lowest BCUT2D eigenvalue weighted by atomic mass is 10.2. The Morgan fingerprint density at radius 1 is 1.13 bits per heavy atom. The van der Waals surface area contributed by atoms with Crippen LogP contribution < -0.4 is 10.5 Å².